The van der Waals surface area contributed by atoms with E-state index in [1.807, 2.05) is 0 Å². The van der Waals surface area contributed by atoms with Gasteiger partial charge in [-0.15, -0.1) is 0 Å². The van der Waals surface area contributed by atoms with Crippen LogP contribution >= 0.6 is 11.8 Å². The fraction of sp³-hybridized carbons (Fsp3) is 0.929. The number of nitrogens with zero attached hydrogens (tertiary/aromatic N) is 2. The molecule has 0 aromatic carbocycles. The van der Waals surface area contributed by atoms with Crippen molar-refractivity contribution >= 4 is 17.7 Å². The summed E-state index contributed by atoms with van der Waals surface area (Å²) in [6.45, 7) is 5.99. The van der Waals surface area contributed by atoms with Crippen LogP contribution in [0, 0.1) is 5.92 Å². The van der Waals surface area contributed by atoms with Gasteiger partial charge >= 0.3 is 0 Å². The molecule has 0 spiro atoms. The van der Waals surface area contributed by atoms with Crippen molar-refractivity contribution in [1.82, 2.24) is 15.1 Å². The SMILES string of the molecule is O=C1CNCCN1C1CCCN(CC2CCSC2)C1. The van der Waals surface area contributed by atoms with Gasteiger partial charge in [0.15, 0.2) is 0 Å². The Morgan fingerprint density at radius 2 is 2.26 bits per heavy atom. The van der Waals surface area contributed by atoms with Gasteiger partial charge in [-0.3, -0.25) is 4.79 Å². The smallest absolute Gasteiger partial charge is 0.236 e. The maximum Gasteiger partial charge on any atom is 0.236 e. The molecule has 0 radical (unpaired) electrons. The first-order valence-electron chi connectivity index (χ1n) is 7.63. The number of nitrogens with one attached hydrogen (secondary N) is 1. The zero-order valence-electron chi connectivity index (χ0n) is 11.6. The second-order valence-corrected chi connectivity index (χ2v) is 7.20. The summed E-state index contributed by atoms with van der Waals surface area (Å²) in [5.74, 6) is 3.88. The fourth-order valence-electron chi connectivity index (χ4n) is 3.55. The number of rotatable bonds is 3. The van der Waals surface area contributed by atoms with Crippen molar-refractivity contribution in [1.29, 1.82) is 0 Å². The number of hydrogen-bond acceptors (Lipinski definition) is 4. The molecule has 3 aliphatic rings. The molecule has 3 rings (SSSR count). The zero-order chi connectivity index (χ0) is 13.1. The largest absolute Gasteiger partial charge is 0.336 e. The average molecular weight is 283 g/mol. The van der Waals surface area contributed by atoms with Gasteiger partial charge in [0.1, 0.15) is 0 Å². The first-order chi connectivity index (χ1) is 9.33. The Balaban J connectivity index is 1.53. The maximum absolute atomic E-state index is 12.0. The van der Waals surface area contributed by atoms with Gasteiger partial charge in [0.2, 0.25) is 5.91 Å². The summed E-state index contributed by atoms with van der Waals surface area (Å²) in [6, 6.07) is 0.470. The summed E-state index contributed by atoms with van der Waals surface area (Å²) < 4.78 is 0. The van der Waals surface area contributed by atoms with Crippen molar-refractivity contribution in [2.45, 2.75) is 25.3 Å². The third-order valence-electron chi connectivity index (χ3n) is 4.59. The second kappa shape index (κ2) is 6.46. The lowest BCUT2D eigenvalue weighted by molar-refractivity contribution is -0.135. The van der Waals surface area contributed by atoms with E-state index in [9.17, 15) is 4.79 Å². The van der Waals surface area contributed by atoms with E-state index in [4.69, 9.17) is 0 Å². The highest BCUT2D eigenvalue weighted by molar-refractivity contribution is 7.99. The molecule has 0 bridgehead atoms. The minimum Gasteiger partial charge on any atom is -0.336 e. The molecule has 1 amide bonds. The lowest BCUT2D eigenvalue weighted by atomic mass is 10.0. The first kappa shape index (κ1) is 13.7. The highest BCUT2D eigenvalue weighted by atomic mass is 32.2. The molecule has 108 valence electrons. The van der Waals surface area contributed by atoms with Crippen LogP contribution < -0.4 is 5.32 Å². The molecular formula is C14H25N3OS. The number of piperidine rings is 1. The molecule has 0 aromatic heterocycles. The summed E-state index contributed by atoms with van der Waals surface area (Å²) >= 11 is 2.10. The monoisotopic (exact) mass is 283 g/mol. The van der Waals surface area contributed by atoms with Gasteiger partial charge in [-0.25, -0.2) is 0 Å². The molecule has 19 heavy (non-hydrogen) atoms. The molecule has 3 fully saturated rings. The van der Waals surface area contributed by atoms with Gasteiger partial charge in [0.05, 0.1) is 6.54 Å². The van der Waals surface area contributed by atoms with Crippen molar-refractivity contribution in [3.05, 3.63) is 0 Å². The molecule has 2 atom stereocenters. The summed E-state index contributed by atoms with van der Waals surface area (Å²) in [6.07, 6.45) is 3.84. The third-order valence-corrected chi connectivity index (χ3v) is 5.82. The number of carbonyl (C=O) groups excluding carboxylic acids is 1. The van der Waals surface area contributed by atoms with Crippen LogP contribution in [-0.4, -0.2) is 72.5 Å². The molecule has 3 heterocycles. The lowest BCUT2D eigenvalue weighted by Gasteiger charge is -2.41. The topological polar surface area (TPSA) is 35.6 Å². The van der Waals surface area contributed by atoms with Gasteiger partial charge in [-0.2, -0.15) is 11.8 Å². The van der Waals surface area contributed by atoms with Crippen LogP contribution in [0.3, 0.4) is 0 Å². The zero-order valence-corrected chi connectivity index (χ0v) is 12.5. The Morgan fingerprint density at radius 1 is 1.32 bits per heavy atom. The van der Waals surface area contributed by atoms with Gasteiger partial charge in [-0.05, 0) is 43.2 Å². The van der Waals surface area contributed by atoms with Crippen LogP contribution in [0.25, 0.3) is 0 Å². The molecule has 2 unspecified atom stereocenters. The second-order valence-electron chi connectivity index (χ2n) is 6.05. The van der Waals surface area contributed by atoms with Crippen molar-refractivity contribution in [2.24, 2.45) is 5.92 Å². The van der Waals surface area contributed by atoms with Crippen molar-refractivity contribution < 1.29 is 4.79 Å². The fourth-order valence-corrected chi connectivity index (χ4v) is 4.82. The van der Waals surface area contributed by atoms with E-state index in [2.05, 4.69) is 26.9 Å². The normalized spacial score (nSPS) is 33.9. The van der Waals surface area contributed by atoms with Crippen LogP contribution in [0.4, 0.5) is 0 Å². The number of hydrogen-bond donors (Lipinski definition) is 1. The van der Waals surface area contributed by atoms with Crippen LogP contribution in [0.15, 0.2) is 0 Å². The molecule has 3 aliphatic heterocycles. The summed E-state index contributed by atoms with van der Waals surface area (Å²) in [4.78, 5) is 16.7. The number of likely N-dealkylation sites (tertiary alicyclic amines) is 1. The van der Waals surface area contributed by atoms with Gasteiger partial charge in [-0.1, -0.05) is 0 Å². The lowest BCUT2D eigenvalue weighted by Crippen LogP contribution is -2.57. The van der Waals surface area contributed by atoms with Gasteiger partial charge < -0.3 is 15.1 Å². The Bertz CT molecular complexity index is 320. The van der Waals surface area contributed by atoms with E-state index in [0.29, 0.717) is 18.5 Å². The average Bonchev–Trinajstić information content (AvgIpc) is 2.92. The van der Waals surface area contributed by atoms with Crippen LogP contribution in [0.2, 0.25) is 0 Å². The van der Waals surface area contributed by atoms with Gasteiger partial charge in [0, 0.05) is 32.2 Å². The molecule has 5 heteroatoms. The first-order valence-corrected chi connectivity index (χ1v) is 8.78. The molecule has 3 saturated heterocycles. The Labute approximate surface area is 120 Å². The summed E-state index contributed by atoms with van der Waals surface area (Å²) in [5.41, 5.74) is 0. The highest BCUT2D eigenvalue weighted by Gasteiger charge is 2.31. The number of piperazine rings is 1. The van der Waals surface area contributed by atoms with Crippen molar-refractivity contribution in [3.8, 4) is 0 Å². The molecule has 4 nitrogen and oxygen atoms in total. The highest BCUT2D eigenvalue weighted by Crippen LogP contribution is 2.26. The molecule has 1 N–H and O–H groups in total. The predicted molar refractivity (Wildman–Crippen MR) is 79.5 cm³/mol. The minimum atomic E-state index is 0.300. The van der Waals surface area contributed by atoms with Gasteiger partial charge in [0.25, 0.3) is 0 Å². The quantitative estimate of drug-likeness (QED) is 0.824. The Morgan fingerprint density at radius 3 is 3.05 bits per heavy atom. The van der Waals surface area contributed by atoms with E-state index in [1.54, 1.807) is 0 Å². The number of thioether (sulfide) groups is 1. The predicted octanol–water partition coefficient (Wildman–Crippen LogP) is 0.636. The minimum absolute atomic E-state index is 0.300. The standard InChI is InChI=1S/C14H25N3OS/c18-14-8-15-4-6-17(14)13-2-1-5-16(10-13)9-12-3-7-19-11-12/h12-13,15H,1-11H2. The van der Waals surface area contributed by atoms with Crippen LogP contribution in [0.5, 0.6) is 0 Å². The number of carbonyl (C=O) groups is 1. The van der Waals surface area contributed by atoms with E-state index in [1.165, 1.54) is 43.9 Å². The summed E-state index contributed by atoms with van der Waals surface area (Å²) in [5, 5.41) is 3.17. The molecule has 0 aromatic rings. The van der Waals surface area contributed by atoms with E-state index >= 15 is 0 Å². The van der Waals surface area contributed by atoms with Crippen LogP contribution in [-0.2, 0) is 4.79 Å². The van der Waals surface area contributed by atoms with Crippen molar-refractivity contribution in [3.63, 3.8) is 0 Å². The van der Waals surface area contributed by atoms with E-state index in [-0.39, 0.29) is 0 Å². The number of amides is 1. The maximum atomic E-state index is 12.0. The van der Waals surface area contributed by atoms with E-state index in [0.717, 1.165) is 25.6 Å². The molecule has 0 aliphatic carbocycles. The Hall–Kier alpha value is -0.260. The Kier molecular flexibility index (Phi) is 4.66. The molecular weight excluding hydrogens is 258 g/mol. The third kappa shape index (κ3) is 3.44. The van der Waals surface area contributed by atoms with Crippen molar-refractivity contribution in [2.75, 3.05) is 50.8 Å². The van der Waals surface area contributed by atoms with Crippen LogP contribution in [0.1, 0.15) is 19.3 Å². The molecule has 0 saturated carbocycles. The van der Waals surface area contributed by atoms with E-state index < -0.39 is 0 Å². The summed E-state index contributed by atoms with van der Waals surface area (Å²) in [7, 11) is 0.